The molecule has 1 heterocycles. The van der Waals surface area contributed by atoms with Gasteiger partial charge < -0.3 is 4.74 Å². The van der Waals surface area contributed by atoms with Gasteiger partial charge in [-0.25, -0.2) is 17.6 Å². The van der Waals surface area contributed by atoms with E-state index in [1.807, 2.05) is 30.3 Å². The highest BCUT2D eigenvalue weighted by atomic mass is 19.2. The van der Waals surface area contributed by atoms with Gasteiger partial charge in [-0.3, -0.25) is 0 Å². The molecule has 4 rings (SSSR count). The summed E-state index contributed by atoms with van der Waals surface area (Å²) in [5, 5.41) is 0. The summed E-state index contributed by atoms with van der Waals surface area (Å²) in [6, 6.07) is 13.2. The predicted octanol–water partition coefficient (Wildman–Crippen LogP) is 7.15. The van der Waals surface area contributed by atoms with Gasteiger partial charge in [-0.2, -0.15) is 0 Å². The third-order valence-electron chi connectivity index (χ3n) is 5.77. The largest absolute Gasteiger partial charge is 0.373 e. The SMILES string of the molecule is C=CC1CCC(c2ccc(-c3cc(F)c(Cc4ccc(F)c(F)c4)c(F)c3)cc2)OC1. The molecule has 0 aromatic heterocycles. The van der Waals surface area contributed by atoms with Crippen molar-refractivity contribution in [1.82, 2.24) is 0 Å². The highest BCUT2D eigenvalue weighted by molar-refractivity contribution is 5.64. The monoisotopic (exact) mass is 426 g/mol. The lowest BCUT2D eigenvalue weighted by Gasteiger charge is -2.27. The zero-order chi connectivity index (χ0) is 22.0. The lowest BCUT2D eigenvalue weighted by molar-refractivity contribution is -0.00513. The Bertz CT molecular complexity index is 1060. The van der Waals surface area contributed by atoms with Gasteiger partial charge in [0.2, 0.25) is 0 Å². The number of hydrogen-bond acceptors (Lipinski definition) is 1. The Hall–Kier alpha value is -2.92. The third-order valence-corrected chi connectivity index (χ3v) is 5.77. The molecule has 1 aliphatic heterocycles. The second-order valence-corrected chi connectivity index (χ2v) is 7.86. The van der Waals surface area contributed by atoms with Crippen LogP contribution in [0.5, 0.6) is 0 Å². The lowest BCUT2D eigenvalue weighted by atomic mass is 9.93. The van der Waals surface area contributed by atoms with E-state index in [0.717, 1.165) is 30.5 Å². The second-order valence-electron chi connectivity index (χ2n) is 7.86. The summed E-state index contributed by atoms with van der Waals surface area (Å²) in [4.78, 5) is 0. The molecule has 1 nitrogen and oxygen atoms in total. The van der Waals surface area contributed by atoms with Crippen LogP contribution in [0.2, 0.25) is 0 Å². The van der Waals surface area contributed by atoms with Crippen molar-refractivity contribution in [2.75, 3.05) is 6.61 Å². The predicted molar refractivity (Wildman–Crippen MR) is 113 cm³/mol. The summed E-state index contributed by atoms with van der Waals surface area (Å²) in [6.07, 6.45) is 3.68. The van der Waals surface area contributed by atoms with Gasteiger partial charge in [-0.1, -0.05) is 36.4 Å². The number of rotatable bonds is 5. The first-order valence-electron chi connectivity index (χ1n) is 10.2. The van der Waals surface area contributed by atoms with Gasteiger partial charge in [0.15, 0.2) is 11.6 Å². The van der Waals surface area contributed by atoms with E-state index >= 15 is 0 Å². The van der Waals surface area contributed by atoms with E-state index in [9.17, 15) is 17.6 Å². The van der Waals surface area contributed by atoms with Gasteiger partial charge >= 0.3 is 0 Å². The first-order valence-corrected chi connectivity index (χ1v) is 10.2. The van der Waals surface area contributed by atoms with Crippen LogP contribution in [0.25, 0.3) is 11.1 Å². The molecule has 3 aromatic carbocycles. The minimum Gasteiger partial charge on any atom is -0.373 e. The van der Waals surface area contributed by atoms with E-state index < -0.39 is 23.3 Å². The van der Waals surface area contributed by atoms with Gasteiger partial charge in [-0.15, -0.1) is 6.58 Å². The molecule has 0 radical (unpaired) electrons. The van der Waals surface area contributed by atoms with Crippen LogP contribution in [0.3, 0.4) is 0 Å². The topological polar surface area (TPSA) is 9.23 Å². The van der Waals surface area contributed by atoms with Crippen molar-refractivity contribution in [3.8, 4) is 11.1 Å². The molecule has 0 amide bonds. The molecule has 31 heavy (non-hydrogen) atoms. The average molecular weight is 426 g/mol. The fourth-order valence-electron chi connectivity index (χ4n) is 3.90. The molecule has 5 heteroatoms. The van der Waals surface area contributed by atoms with Gasteiger partial charge in [-0.05, 0) is 59.4 Å². The van der Waals surface area contributed by atoms with Crippen molar-refractivity contribution in [2.24, 2.45) is 5.92 Å². The average Bonchev–Trinajstić information content (AvgIpc) is 2.78. The summed E-state index contributed by atoms with van der Waals surface area (Å²) < 4.78 is 61.7. The molecule has 2 atom stereocenters. The highest BCUT2D eigenvalue weighted by Gasteiger charge is 2.21. The van der Waals surface area contributed by atoms with Crippen molar-refractivity contribution < 1.29 is 22.3 Å². The fraction of sp³-hybridized carbons (Fsp3) is 0.231. The Labute approximate surface area is 179 Å². The van der Waals surface area contributed by atoms with Crippen LogP contribution < -0.4 is 0 Å². The summed E-state index contributed by atoms with van der Waals surface area (Å²) in [7, 11) is 0. The van der Waals surface area contributed by atoms with Crippen LogP contribution in [0.15, 0.2) is 67.3 Å². The Morgan fingerprint density at radius 3 is 2.10 bits per heavy atom. The molecule has 1 aliphatic rings. The third kappa shape index (κ3) is 4.72. The molecule has 0 bridgehead atoms. The van der Waals surface area contributed by atoms with Crippen LogP contribution in [0.4, 0.5) is 17.6 Å². The number of ether oxygens (including phenoxy) is 1. The van der Waals surface area contributed by atoms with Gasteiger partial charge in [0.25, 0.3) is 0 Å². The number of hydrogen-bond donors (Lipinski definition) is 0. The summed E-state index contributed by atoms with van der Waals surface area (Å²) in [6.45, 7) is 4.45. The van der Waals surface area contributed by atoms with E-state index in [0.29, 0.717) is 29.2 Å². The van der Waals surface area contributed by atoms with Crippen LogP contribution in [-0.2, 0) is 11.2 Å². The quantitative estimate of drug-likeness (QED) is 0.311. The molecule has 0 aliphatic carbocycles. The molecule has 0 saturated carbocycles. The van der Waals surface area contributed by atoms with Gasteiger partial charge in [0.05, 0.1) is 12.7 Å². The summed E-state index contributed by atoms with van der Waals surface area (Å²) in [5.41, 5.74) is 2.23. The number of halogens is 4. The first kappa shape index (κ1) is 21.3. The molecule has 0 spiro atoms. The van der Waals surface area contributed by atoms with E-state index in [1.165, 1.54) is 18.2 Å². The zero-order valence-corrected chi connectivity index (χ0v) is 16.9. The minimum absolute atomic E-state index is 0.0113. The molecule has 2 unspecified atom stereocenters. The Morgan fingerprint density at radius 1 is 0.806 bits per heavy atom. The molecular formula is C26H22F4O. The Morgan fingerprint density at radius 2 is 1.52 bits per heavy atom. The van der Waals surface area contributed by atoms with Crippen molar-refractivity contribution in [3.63, 3.8) is 0 Å². The summed E-state index contributed by atoms with van der Waals surface area (Å²) in [5.74, 6) is -3.12. The minimum atomic E-state index is -1.04. The molecule has 160 valence electrons. The van der Waals surface area contributed by atoms with E-state index in [2.05, 4.69) is 6.58 Å². The van der Waals surface area contributed by atoms with E-state index in [1.54, 1.807) is 0 Å². The van der Waals surface area contributed by atoms with Crippen molar-refractivity contribution >= 4 is 0 Å². The van der Waals surface area contributed by atoms with E-state index in [-0.39, 0.29) is 18.1 Å². The van der Waals surface area contributed by atoms with Gasteiger partial charge in [0.1, 0.15) is 11.6 Å². The van der Waals surface area contributed by atoms with Gasteiger partial charge in [0, 0.05) is 17.9 Å². The van der Waals surface area contributed by atoms with Crippen LogP contribution in [0, 0.1) is 29.2 Å². The zero-order valence-electron chi connectivity index (χ0n) is 16.9. The highest BCUT2D eigenvalue weighted by Crippen LogP contribution is 2.33. The number of benzene rings is 3. The molecule has 1 fully saturated rings. The maximum absolute atomic E-state index is 14.7. The lowest BCUT2D eigenvalue weighted by Crippen LogP contribution is -2.19. The Kier molecular flexibility index (Phi) is 6.23. The smallest absolute Gasteiger partial charge is 0.159 e. The maximum Gasteiger partial charge on any atom is 0.159 e. The maximum atomic E-state index is 14.7. The molecule has 3 aromatic rings. The Balaban J connectivity index is 1.52. The van der Waals surface area contributed by atoms with Crippen molar-refractivity contribution in [2.45, 2.75) is 25.4 Å². The van der Waals surface area contributed by atoms with Crippen LogP contribution in [-0.4, -0.2) is 6.61 Å². The molecule has 0 N–H and O–H groups in total. The first-order chi connectivity index (χ1) is 14.9. The van der Waals surface area contributed by atoms with Crippen molar-refractivity contribution in [3.05, 3.63) is 107 Å². The standard InChI is InChI=1S/C26H22F4O/c1-2-16-4-10-26(31-15-16)19-7-5-18(6-8-19)20-13-23(28)21(24(29)14-20)11-17-3-9-22(27)25(30)12-17/h2-3,5-9,12-14,16,26H,1,4,10-11,15H2. The fourth-order valence-corrected chi connectivity index (χ4v) is 3.90. The molecular weight excluding hydrogens is 404 g/mol. The van der Waals surface area contributed by atoms with Crippen LogP contribution >= 0.6 is 0 Å². The normalized spacial score (nSPS) is 18.7. The van der Waals surface area contributed by atoms with Crippen molar-refractivity contribution in [1.29, 1.82) is 0 Å². The molecule has 1 saturated heterocycles. The van der Waals surface area contributed by atoms with Crippen LogP contribution in [0.1, 0.15) is 35.6 Å². The summed E-state index contributed by atoms with van der Waals surface area (Å²) >= 11 is 0. The second kappa shape index (κ2) is 9.06. The van der Waals surface area contributed by atoms with E-state index in [4.69, 9.17) is 4.74 Å².